The van der Waals surface area contributed by atoms with Crippen molar-refractivity contribution in [3.63, 3.8) is 0 Å². The highest BCUT2D eigenvalue weighted by molar-refractivity contribution is 5.88. The molecule has 0 aliphatic heterocycles. The van der Waals surface area contributed by atoms with Gasteiger partial charge in [0.05, 0.1) is 19.8 Å². The molecule has 0 radical (unpaired) electrons. The molecule has 6 heteroatoms. The van der Waals surface area contributed by atoms with E-state index in [1.54, 1.807) is 21.1 Å². The SMILES string of the molecule is COc1cccc(Cn2c(-c3ccccc3OC)nc(C(=O)O)c2C)c1. The highest BCUT2D eigenvalue weighted by atomic mass is 16.5. The molecule has 1 N–H and O–H groups in total. The Morgan fingerprint density at radius 1 is 1.12 bits per heavy atom. The summed E-state index contributed by atoms with van der Waals surface area (Å²) in [5, 5.41) is 9.50. The van der Waals surface area contributed by atoms with E-state index in [2.05, 4.69) is 4.98 Å². The molecule has 0 unspecified atom stereocenters. The molecular formula is C20H20N2O4. The van der Waals surface area contributed by atoms with E-state index in [0.717, 1.165) is 16.9 Å². The predicted molar refractivity (Wildman–Crippen MR) is 98.0 cm³/mol. The van der Waals surface area contributed by atoms with Crippen LogP contribution in [-0.2, 0) is 6.54 Å². The summed E-state index contributed by atoms with van der Waals surface area (Å²) in [6.07, 6.45) is 0. The number of para-hydroxylation sites is 1. The van der Waals surface area contributed by atoms with Gasteiger partial charge in [0.15, 0.2) is 5.69 Å². The standard InChI is InChI=1S/C20H20N2O4/c1-13-18(20(23)24)21-19(16-9-4-5-10-17(16)26-3)22(13)12-14-7-6-8-15(11-14)25-2/h4-11H,12H2,1-3H3,(H,23,24). The molecule has 0 saturated heterocycles. The molecule has 1 aromatic heterocycles. The summed E-state index contributed by atoms with van der Waals surface area (Å²) < 4.78 is 12.6. The van der Waals surface area contributed by atoms with Crippen LogP contribution in [0.4, 0.5) is 0 Å². The molecule has 0 saturated carbocycles. The van der Waals surface area contributed by atoms with Crippen LogP contribution in [0.3, 0.4) is 0 Å². The van der Waals surface area contributed by atoms with Gasteiger partial charge < -0.3 is 19.1 Å². The van der Waals surface area contributed by atoms with E-state index in [1.165, 1.54) is 0 Å². The van der Waals surface area contributed by atoms with Crippen LogP contribution in [0, 0.1) is 6.92 Å². The topological polar surface area (TPSA) is 73.6 Å². The van der Waals surface area contributed by atoms with Gasteiger partial charge in [0, 0.05) is 12.2 Å². The number of nitrogens with zero attached hydrogens (tertiary/aromatic N) is 2. The van der Waals surface area contributed by atoms with E-state index in [0.29, 0.717) is 23.8 Å². The normalized spacial score (nSPS) is 10.6. The average Bonchev–Trinajstić information content (AvgIpc) is 2.98. The van der Waals surface area contributed by atoms with Crippen molar-refractivity contribution in [2.45, 2.75) is 13.5 Å². The smallest absolute Gasteiger partial charge is 0.356 e. The van der Waals surface area contributed by atoms with Gasteiger partial charge in [0.25, 0.3) is 0 Å². The first-order chi connectivity index (χ1) is 12.5. The zero-order chi connectivity index (χ0) is 18.7. The number of carbonyl (C=O) groups is 1. The van der Waals surface area contributed by atoms with Gasteiger partial charge in [-0.25, -0.2) is 9.78 Å². The highest BCUT2D eigenvalue weighted by Crippen LogP contribution is 2.31. The highest BCUT2D eigenvalue weighted by Gasteiger charge is 2.22. The molecule has 0 fully saturated rings. The van der Waals surface area contributed by atoms with Crippen LogP contribution < -0.4 is 9.47 Å². The van der Waals surface area contributed by atoms with Gasteiger partial charge in [-0.05, 0) is 36.8 Å². The quantitative estimate of drug-likeness (QED) is 0.733. The number of carboxylic acids is 1. The van der Waals surface area contributed by atoms with Gasteiger partial charge in [0.2, 0.25) is 0 Å². The van der Waals surface area contributed by atoms with Gasteiger partial charge >= 0.3 is 5.97 Å². The molecular weight excluding hydrogens is 332 g/mol. The van der Waals surface area contributed by atoms with Crippen LogP contribution in [0.25, 0.3) is 11.4 Å². The maximum atomic E-state index is 11.6. The summed E-state index contributed by atoms with van der Waals surface area (Å²) in [6.45, 7) is 2.23. The van der Waals surface area contributed by atoms with Crippen molar-refractivity contribution in [2.75, 3.05) is 14.2 Å². The summed E-state index contributed by atoms with van der Waals surface area (Å²) in [4.78, 5) is 16.0. The van der Waals surface area contributed by atoms with Gasteiger partial charge in [-0.3, -0.25) is 0 Å². The molecule has 6 nitrogen and oxygen atoms in total. The molecule has 26 heavy (non-hydrogen) atoms. The number of imidazole rings is 1. The second kappa shape index (κ2) is 7.31. The fourth-order valence-corrected chi connectivity index (χ4v) is 2.92. The second-order valence-electron chi connectivity index (χ2n) is 5.81. The Morgan fingerprint density at radius 2 is 1.88 bits per heavy atom. The molecule has 0 bridgehead atoms. The lowest BCUT2D eigenvalue weighted by atomic mass is 10.1. The summed E-state index contributed by atoms with van der Waals surface area (Å²) in [5.74, 6) is 0.891. The van der Waals surface area contributed by atoms with Crippen LogP contribution in [0.2, 0.25) is 0 Å². The third-order valence-corrected chi connectivity index (χ3v) is 4.25. The first kappa shape index (κ1) is 17.5. The minimum absolute atomic E-state index is 0.0359. The lowest BCUT2D eigenvalue weighted by Crippen LogP contribution is -2.06. The fraction of sp³-hybridized carbons (Fsp3) is 0.200. The summed E-state index contributed by atoms with van der Waals surface area (Å²) in [5.41, 5.74) is 2.35. The van der Waals surface area contributed by atoms with Gasteiger partial charge in [-0.1, -0.05) is 24.3 Å². The van der Waals surface area contributed by atoms with E-state index >= 15 is 0 Å². The predicted octanol–water partition coefficient (Wildman–Crippen LogP) is 3.62. The number of aromatic nitrogens is 2. The van der Waals surface area contributed by atoms with E-state index in [9.17, 15) is 9.90 Å². The van der Waals surface area contributed by atoms with E-state index in [4.69, 9.17) is 9.47 Å². The van der Waals surface area contributed by atoms with E-state index in [-0.39, 0.29) is 5.69 Å². The Balaban J connectivity index is 2.15. The summed E-state index contributed by atoms with van der Waals surface area (Å²) >= 11 is 0. The largest absolute Gasteiger partial charge is 0.497 e. The Hall–Kier alpha value is -3.28. The number of aromatic carboxylic acids is 1. The zero-order valence-corrected chi connectivity index (χ0v) is 14.9. The molecule has 134 valence electrons. The van der Waals surface area contributed by atoms with Crippen LogP contribution in [0.15, 0.2) is 48.5 Å². The maximum absolute atomic E-state index is 11.6. The molecule has 0 amide bonds. The fourth-order valence-electron chi connectivity index (χ4n) is 2.92. The zero-order valence-electron chi connectivity index (χ0n) is 14.9. The lowest BCUT2D eigenvalue weighted by molar-refractivity contribution is 0.0690. The van der Waals surface area contributed by atoms with E-state index in [1.807, 2.05) is 53.1 Å². The number of methoxy groups -OCH3 is 2. The van der Waals surface area contributed by atoms with Crippen molar-refractivity contribution < 1.29 is 19.4 Å². The van der Waals surface area contributed by atoms with Crippen molar-refractivity contribution in [1.82, 2.24) is 9.55 Å². The number of benzene rings is 2. The molecule has 0 aliphatic rings. The van der Waals surface area contributed by atoms with Crippen molar-refractivity contribution >= 4 is 5.97 Å². The van der Waals surface area contributed by atoms with Gasteiger partial charge in [0.1, 0.15) is 17.3 Å². The molecule has 2 aromatic carbocycles. The average molecular weight is 352 g/mol. The number of hydrogen-bond acceptors (Lipinski definition) is 4. The van der Waals surface area contributed by atoms with Crippen LogP contribution in [0.1, 0.15) is 21.7 Å². The van der Waals surface area contributed by atoms with Gasteiger partial charge in [-0.15, -0.1) is 0 Å². The van der Waals surface area contributed by atoms with Crippen molar-refractivity contribution in [2.24, 2.45) is 0 Å². The Kier molecular flexibility index (Phi) is 4.93. The monoisotopic (exact) mass is 352 g/mol. The molecule has 3 aromatic rings. The van der Waals surface area contributed by atoms with Crippen molar-refractivity contribution in [3.8, 4) is 22.9 Å². The second-order valence-corrected chi connectivity index (χ2v) is 5.81. The third kappa shape index (κ3) is 3.26. The minimum Gasteiger partial charge on any atom is -0.497 e. The summed E-state index contributed by atoms with van der Waals surface area (Å²) in [6, 6.07) is 15.1. The Labute approximate surface area is 151 Å². The Bertz CT molecular complexity index is 947. The first-order valence-electron chi connectivity index (χ1n) is 8.12. The Morgan fingerprint density at radius 3 is 2.58 bits per heavy atom. The van der Waals surface area contributed by atoms with Gasteiger partial charge in [-0.2, -0.15) is 0 Å². The van der Waals surface area contributed by atoms with Crippen LogP contribution in [-0.4, -0.2) is 34.8 Å². The maximum Gasteiger partial charge on any atom is 0.356 e. The van der Waals surface area contributed by atoms with E-state index < -0.39 is 5.97 Å². The molecule has 0 aliphatic carbocycles. The third-order valence-electron chi connectivity index (χ3n) is 4.25. The van der Waals surface area contributed by atoms with Crippen molar-refractivity contribution in [1.29, 1.82) is 0 Å². The number of ether oxygens (including phenoxy) is 2. The number of hydrogen-bond donors (Lipinski definition) is 1. The molecule has 0 spiro atoms. The number of rotatable bonds is 6. The lowest BCUT2D eigenvalue weighted by Gasteiger charge is -2.13. The molecule has 3 rings (SSSR count). The molecule has 0 atom stereocenters. The van der Waals surface area contributed by atoms with Crippen LogP contribution in [0.5, 0.6) is 11.5 Å². The van der Waals surface area contributed by atoms with Crippen LogP contribution >= 0.6 is 0 Å². The summed E-state index contributed by atoms with van der Waals surface area (Å²) in [7, 11) is 3.20. The molecule has 1 heterocycles. The van der Waals surface area contributed by atoms with Crippen molar-refractivity contribution in [3.05, 3.63) is 65.5 Å². The minimum atomic E-state index is -1.05. The number of carboxylic acid groups (broad SMARTS) is 1. The first-order valence-corrected chi connectivity index (χ1v) is 8.12.